The van der Waals surface area contributed by atoms with Crippen molar-refractivity contribution in [1.29, 1.82) is 0 Å². The number of amides is 1. The maximum Gasteiger partial charge on any atom is 0.418 e. The van der Waals surface area contributed by atoms with E-state index >= 15 is 0 Å². The Morgan fingerprint density at radius 1 is 1.15 bits per heavy atom. The second kappa shape index (κ2) is 5.32. The Morgan fingerprint density at radius 2 is 1.85 bits per heavy atom. The minimum Gasteiger partial charge on any atom is -0.321 e. The Kier molecular flexibility index (Phi) is 3.74. The Labute approximate surface area is 113 Å². The molecule has 0 fully saturated rings. The fourth-order valence-electron chi connectivity index (χ4n) is 1.75. The van der Waals surface area contributed by atoms with Gasteiger partial charge in [-0.3, -0.25) is 9.78 Å². The van der Waals surface area contributed by atoms with Gasteiger partial charge in [0.1, 0.15) is 0 Å². The molecule has 1 amide bonds. The average Bonchev–Trinajstić information content (AvgIpc) is 2.38. The first-order valence-corrected chi connectivity index (χ1v) is 5.79. The van der Waals surface area contributed by atoms with Crippen LogP contribution in [0.15, 0.2) is 42.6 Å². The lowest BCUT2D eigenvalue weighted by atomic mass is 10.1. The third-order valence-corrected chi connectivity index (χ3v) is 2.73. The molecule has 0 saturated heterocycles. The minimum atomic E-state index is -4.52. The Bertz CT molecular complexity index is 638. The molecule has 104 valence electrons. The number of carbonyl (C=O) groups excluding carboxylic acids is 1. The van der Waals surface area contributed by atoms with E-state index in [1.54, 1.807) is 13.0 Å². The summed E-state index contributed by atoms with van der Waals surface area (Å²) in [5.74, 6) is -0.618. The molecule has 20 heavy (non-hydrogen) atoms. The molecule has 1 aromatic heterocycles. The van der Waals surface area contributed by atoms with Gasteiger partial charge in [-0.05, 0) is 31.2 Å². The fraction of sp³-hybridized carbons (Fsp3) is 0.143. The average molecular weight is 280 g/mol. The third kappa shape index (κ3) is 2.96. The molecule has 2 aromatic rings. The number of pyridine rings is 1. The van der Waals surface area contributed by atoms with Crippen LogP contribution in [0.4, 0.5) is 18.9 Å². The third-order valence-electron chi connectivity index (χ3n) is 2.73. The number of hydrogen-bond acceptors (Lipinski definition) is 2. The predicted octanol–water partition coefficient (Wildman–Crippen LogP) is 3.66. The number of nitrogens with zero attached hydrogens (tertiary/aromatic N) is 1. The zero-order valence-electron chi connectivity index (χ0n) is 10.5. The van der Waals surface area contributed by atoms with Crippen molar-refractivity contribution in [3.05, 3.63) is 59.4 Å². The monoisotopic (exact) mass is 280 g/mol. The van der Waals surface area contributed by atoms with E-state index in [9.17, 15) is 18.0 Å². The van der Waals surface area contributed by atoms with Crippen molar-refractivity contribution in [3.8, 4) is 0 Å². The second-order valence-corrected chi connectivity index (χ2v) is 4.13. The number of halogens is 3. The molecule has 3 nitrogen and oxygen atoms in total. The summed E-state index contributed by atoms with van der Waals surface area (Å²) in [5.41, 5.74) is -0.456. The van der Waals surface area contributed by atoms with Gasteiger partial charge in [-0.1, -0.05) is 12.1 Å². The van der Waals surface area contributed by atoms with E-state index < -0.39 is 17.6 Å². The van der Waals surface area contributed by atoms with Crippen LogP contribution in [0.1, 0.15) is 21.6 Å². The van der Waals surface area contributed by atoms with Crippen molar-refractivity contribution in [2.45, 2.75) is 13.1 Å². The Hall–Kier alpha value is -2.37. The molecular formula is C14H11F3N2O. The van der Waals surface area contributed by atoms with Gasteiger partial charge in [-0.25, -0.2) is 0 Å². The molecular weight excluding hydrogens is 269 g/mol. The number of benzene rings is 1. The van der Waals surface area contributed by atoms with Crippen LogP contribution >= 0.6 is 0 Å². The number of rotatable bonds is 2. The molecule has 0 aliphatic rings. The van der Waals surface area contributed by atoms with Gasteiger partial charge < -0.3 is 5.32 Å². The van der Waals surface area contributed by atoms with Crippen LogP contribution in [-0.4, -0.2) is 10.9 Å². The zero-order chi connectivity index (χ0) is 14.8. The lowest BCUT2D eigenvalue weighted by Crippen LogP contribution is -2.17. The maximum atomic E-state index is 12.8. The van der Waals surface area contributed by atoms with Gasteiger partial charge in [-0.2, -0.15) is 13.2 Å². The predicted molar refractivity (Wildman–Crippen MR) is 68.4 cm³/mol. The van der Waals surface area contributed by atoms with Gasteiger partial charge in [0.25, 0.3) is 5.91 Å². The van der Waals surface area contributed by atoms with Crippen molar-refractivity contribution in [1.82, 2.24) is 4.98 Å². The molecule has 2 rings (SSSR count). The fourth-order valence-corrected chi connectivity index (χ4v) is 1.75. The van der Waals surface area contributed by atoms with E-state index in [4.69, 9.17) is 0 Å². The van der Waals surface area contributed by atoms with Gasteiger partial charge in [0, 0.05) is 11.9 Å². The second-order valence-electron chi connectivity index (χ2n) is 4.13. The van der Waals surface area contributed by atoms with E-state index in [0.717, 1.165) is 6.07 Å². The van der Waals surface area contributed by atoms with Gasteiger partial charge in [-0.15, -0.1) is 0 Å². The number of carbonyl (C=O) groups is 1. The number of anilines is 1. The number of alkyl halides is 3. The van der Waals surface area contributed by atoms with E-state index in [1.807, 2.05) is 0 Å². The quantitative estimate of drug-likeness (QED) is 0.912. The van der Waals surface area contributed by atoms with Crippen molar-refractivity contribution >= 4 is 11.6 Å². The molecule has 0 spiro atoms. The number of para-hydroxylation sites is 1. The van der Waals surface area contributed by atoms with Gasteiger partial charge in [0.05, 0.1) is 16.8 Å². The SMILES string of the molecule is Cc1ncccc1C(=O)Nc1ccccc1C(F)(F)F. The number of aromatic nitrogens is 1. The summed E-state index contributed by atoms with van der Waals surface area (Å²) in [4.78, 5) is 15.9. The lowest BCUT2D eigenvalue weighted by molar-refractivity contribution is -0.136. The van der Waals surface area contributed by atoms with Crippen LogP contribution in [0.2, 0.25) is 0 Å². The van der Waals surface area contributed by atoms with Gasteiger partial charge in [0.2, 0.25) is 0 Å². The van der Waals surface area contributed by atoms with E-state index in [2.05, 4.69) is 10.3 Å². The molecule has 1 N–H and O–H groups in total. The number of nitrogens with one attached hydrogen (secondary N) is 1. The van der Waals surface area contributed by atoms with E-state index in [1.165, 1.54) is 30.5 Å². The standard InChI is InChI=1S/C14H11F3N2O/c1-9-10(5-4-8-18-9)13(20)19-12-7-3-2-6-11(12)14(15,16)17/h2-8H,1H3,(H,19,20). The molecule has 1 aromatic carbocycles. The Balaban J connectivity index is 2.32. The molecule has 6 heteroatoms. The molecule has 0 aliphatic carbocycles. The summed E-state index contributed by atoms with van der Waals surface area (Å²) >= 11 is 0. The molecule has 0 unspecified atom stereocenters. The van der Waals surface area contributed by atoms with Crippen molar-refractivity contribution in [2.24, 2.45) is 0 Å². The molecule has 1 heterocycles. The summed E-state index contributed by atoms with van der Waals surface area (Å²) < 4.78 is 38.5. The van der Waals surface area contributed by atoms with Crippen LogP contribution < -0.4 is 5.32 Å². The smallest absolute Gasteiger partial charge is 0.321 e. The first-order chi connectivity index (χ1) is 9.39. The molecule has 0 aliphatic heterocycles. The summed E-state index contributed by atoms with van der Waals surface area (Å²) in [5, 5.41) is 2.28. The summed E-state index contributed by atoms with van der Waals surface area (Å²) in [7, 11) is 0. The highest BCUT2D eigenvalue weighted by atomic mass is 19.4. The van der Waals surface area contributed by atoms with E-state index in [-0.39, 0.29) is 11.3 Å². The first kappa shape index (κ1) is 14.0. The van der Waals surface area contributed by atoms with Crippen LogP contribution in [0.5, 0.6) is 0 Å². The molecule has 0 saturated carbocycles. The van der Waals surface area contributed by atoms with Crippen LogP contribution in [0, 0.1) is 6.92 Å². The summed E-state index contributed by atoms with van der Waals surface area (Å²) in [6, 6.07) is 7.90. The minimum absolute atomic E-state index is 0.240. The number of aryl methyl sites for hydroxylation is 1. The molecule has 0 bridgehead atoms. The normalized spacial score (nSPS) is 11.2. The highest BCUT2D eigenvalue weighted by Gasteiger charge is 2.33. The summed E-state index contributed by atoms with van der Waals surface area (Å²) in [6.07, 6.45) is -3.01. The lowest BCUT2D eigenvalue weighted by Gasteiger charge is -2.13. The molecule has 0 radical (unpaired) electrons. The largest absolute Gasteiger partial charge is 0.418 e. The highest BCUT2D eigenvalue weighted by Crippen LogP contribution is 2.34. The highest BCUT2D eigenvalue weighted by molar-refractivity contribution is 6.05. The number of hydrogen-bond donors (Lipinski definition) is 1. The first-order valence-electron chi connectivity index (χ1n) is 5.79. The van der Waals surface area contributed by atoms with Crippen LogP contribution in [0.25, 0.3) is 0 Å². The molecule has 0 atom stereocenters. The van der Waals surface area contributed by atoms with E-state index in [0.29, 0.717) is 5.69 Å². The summed E-state index contributed by atoms with van der Waals surface area (Å²) in [6.45, 7) is 1.62. The maximum absolute atomic E-state index is 12.8. The zero-order valence-corrected chi connectivity index (χ0v) is 10.5. The Morgan fingerprint density at radius 3 is 2.50 bits per heavy atom. The van der Waals surface area contributed by atoms with Crippen molar-refractivity contribution < 1.29 is 18.0 Å². The topological polar surface area (TPSA) is 42.0 Å². The van der Waals surface area contributed by atoms with Gasteiger partial charge in [0.15, 0.2) is 0 Å². The van der Waals surface area contributed by atoms with Crippen LogP contribution in [0.3, 0.4) is 0 Å². The van der Waals surface area contributed by atoms with Crippen molar-refractivity contribution in [2.75, 3.05) is 5.32 Å². The van der Waals surface area contributed by atoms with Gasteiger partial charge >= 0.3 is 6.18 Å². The van der Waals surface area contributed by atoms with Crippen LogP contribution in [-0.2, 0) is 6.18 Å². The van der Waals surface area contributed by atoms with Crippen molar-refractivity contribution in [3.63, 3.8) is 0 Å².